The van der Waals surface area contributed by atoms with Gasteiger partial charge in [-0.15, -0.1) is 11.3 Å². The zero-order valence-corrected chi connectivity index (χ0v) is 10.9. The lowest BCUT2D eigenvalue weighted by Gasteiger charge is -2.31. The second-order valence-corrected chi connectivity index (χ2v) is 6.51. The molecule has 3 unspecified atom stereocenters. The maximum Gasteiger partial charge on any atom is 0.0794 e. The van der Waals surface area contributed by atoms with Crippen molar-refractivity contribution >= 4 is 27.3 Å². The summed E-state index contributed by atoms with van der Waals surface area (Å²) in [4.78, 5) is 6.30. The lowest BCUT2D eigenvalue weighted by Crippen LogP contribution is -2.25. The van der Waals surface area contributed by atoms with Crippen LogP contribution in [0.25, 0.3) is 0 Å². The zero-order chi connectivity index (χ0) is 9.97. The summed E-state index contributed by atoms with van der Waals surface area (Å²) in [5, 5.41) is 0. The Hall–Kier alpha value is 0.110. The van der Waals surface area contributed by atoms with Crippen LogP contribution in [0.5, 0.6) is 0 Å². The number of rotatable bonds is 2. The number of halogens is 1. The molecule has 0 spiro atoms. The normalized spacial score (nSPS) is 33.1. The minimum atomic E-state index is 0.723. The van der Waals surface area contributed by atoms with Gasteiger partial charge in [0.1, 0.15) is 0 Å². The highest BCUT2D eigenvalue weighted by Crippen LogP contribution is 2.35. The Balaban J connectivity index is 1.95. The van der Waals surface area contributed by atoms with Crippen molar-refractivity contribution in [3.63, 3.8) is 0 Å². The molecular weight excluding hydrogens is 258 g/mol. The van der Waals surface area contributed by atoms with E-state index in [1.54, 1.807) is 11.3 Å². The van der Waals surface area contributed by atoms with Gasteiger partial charge in [0, 0.05) is 15.9 Å². The highest BCUT2D eigenvalue weighted by atomic mass is 79.9. The standard InChI is InChI=1S/C11H16BrNS/c1-8-2-3-11(12)9(4-8)5-10-6-13-7-14-10/h6-9,11H,2-5H2,1H3. The second-order valence-electron chi connectivity index (χ2n) is 4.37. The molecule has 3 atom stereocenters. The summed E-state index contributed by atoms with van der Waals surface area (Å²) in [6.45, 7) is 2.37. The summed E-state index contributed by atoms with van der Waals surface area (Å²) >= 11 is 5.60. The Labute approximate surface area is 98.1 Å². The van der Waals surface area contributed by atoms with Crippen molar-refractivity contribution in [2.75, 3.05) is 0 Å². The predicted molar refractivity (Wildman–Crippen MR) is 65.0 cm³/mol. The number of hydrogen-bond acceptors (Lipinski definition) is 2. The van der Waals surface area contributed by atoms with Crippen molar-refractivity contribution in [3.05, 3.63) is 16.6 Å². The van der Waals surface area contributed by atoms with Gasteiger partial charge in [0.15, 0.2) is 0 Å². The smallest absolute Gasteiger partial charge is 0.0794 e. The van der Waals surface area contributed by atoms with Crippen LogP contribution in [0.2, 0.25) is 0 Å². The molecule has 3 heteroatoms. The summed E-state index contributed by atoms with van der Waals surface area (Å²) in [5.41, 5.74) is 1.94. The summed E-state index contributed by atoms with van der Waals surface area (Å²) < 4.78 is 0. The number of alkyl halides is 1. The molecule has 0 aromatic carbocycles. The molecule has 2 rings (SSSR count). The Kier molecular flexibility index (Phi) is 3.61. The lowest BCUT2D eigenvalue weighted by molar-refractivity contribution is 0.295. The number of aromatic nitrogens is 1. The molecule has 78 valence electrons. The molecule has 1 nitrogen and oxygen atoms in total. The summed E-state index contributed by atoms with van der Waals surface area (Å²) in [6, 6.07) is 0. The van der Waals surface area contributed by atoms with Crippen molar-refractivity contribution in [1.82, 2.24) is 4.98 Å². The van der Waals surface area contributed by atoms with Crippen molar-refractivity contribution < 1.29 is 0 Å². The van der Waals surface area contributed by atoms with Crippen LogP contribution in [0, 0.1) is 11.8 Å². The van der Waals surface area contributed by atoms with E-state index in [2.05, 4.69) is 27.8 Å². The Morgan fingerprint density at radius 1 is 1.57 bits per heavy atom. The van der Waals surface area contributed by atoms with Crippen LogP contribution >= 0.6 is 27.3 Å². The molecule has 0 amide bonds. The maximum absolute atomic E-state index is 4.13. The SMILES string of the molecule is CC1CCC(Br)C(Cc2cncs2)C1. The third-order valence-corrected chi connectivity index (χ3v) is 5.11. The van der Waals surface area contributed by atoms with Gasteiger partial charge in [-0.05, 0) is 37.5 Å². The van der Waals surface area contributed by atoms with Gasteiger partial charge >= 0.3 is 0 Å². The molecule has 0 bridgehead atoms. The molecule has 1 fully saturated rings. The van der Waals surface area contributed by atoms with Crippen molar-refractivity contribution in [2.45, 2.75) is 37.4 Å². The van der Waals surface area contributed by atoms with Gasteiger partial charge in [-0.2, -0.15) is 0 Å². The number of hydrogen-bond donors (Lipinski definition) is 0. The van der Waals surface area contributed by atoms with Gasteiger partial charge < -0.3 is 0 Å². The molecule has 1 aromatic rings. The van der Waals surface area contributed by atoms with E-state index in [1.807, 2.05) is 11.7 Å². The fourth-order valence-electron chi connectivity index (χ4n) is 2.27. The first-order valence-electron chi connectivity index (χ1n) is 5.27. The van der Waals surface area contributed by atoms with Crippen LogP contribution in [-0.4, -0.2) is 9.81 Å². The van der Waals surface area contributed by atoms with Crippen LogP contribution in [0.15, 0.2) is 11.7 Å². The minimum Gasteiger partial charge on any atom is -0.253 e. The van der Waals surface area contributed by atoms with Crippen molar-refractivity contribution in [2.24, 2.45) is 11.8 Å². The average molecular weight is 274 g/mol. The lowest BCUT2D eigenvalue weighted by atomic mass is 9.80. The molecule has 1 aliphatic carbocycles. The minimum absolute atomic E-state index is 0.723. The van der Waals surface area contributed by atoms with Crippen LogP contribution < -0.4 is 0 Å². The molecule has 0 radical (unpaired) electrons. The monoisotopic (exact) mass is 273 g/mol. The zero-order valence-electron chi connectivity index (χ0n) is 8.45. The van der Waals surface area contributed by atoms with Crippen LogP contribution in [0.4, 0.5) is 0 Å². The molecule has 1 saturated carbocycles. The first-order valence-corrected chi connectivity index (χ1v) is 7.06. The quantitative estimate of drug-likeness (QED) is 0.746. The topological polar surface area (TPSA) is 12.9 Å². The Morgan fingerprint density at radius 2 is 2.43 bits per heavy atom. The molecule has 1 aliphatic rings. The van der Waals surface area contributed by atoms with E-state index in [0.717, 1.165) is 16.7 Å². The maximum atomic E-state index is 4.13. The average Bonchev–Trinajstić information content (AvgIpc) is 2.64. The number of nitrogens with zero attached hydrogens (tertiary/aromatic N) is 1. The van der Waals surface area contributed by atoms with Crippen LogP contribution in [0.1, 0.15) is 31.1 Å². The summed E-state index contributed by atoms with van der Waals surface area (Å²) in [7, 11) is 0. The van der Waals surface area contributed by atoms with Gasteiger partial charge in [-0.3, -0.25) is 4.98 Å². The van der Waals surface area contributed by atoms with Gasteiger partial charge in [-0.25, -0.2) is 0 Å². The van der Waals surface area contributed by atoms with Gasteiger partial charge in [0.25, 0.3) is 0 Å². The third kappa shape index (κ3) is 2.57. The summed E-state index contributed by atoms with van der Waals surface area (Å²) in [5.74, 6) is 1.72. The molecule has 0 aliphatic heterocycles. The molecular formula is C11H16BrNS. The fourth-order valence-corrected chi connectivity index (χ4v) is 3.63. The number of thiazole rings is 1. The molecule has 1 aromatic heterocycles. The van der Waals surface area contributed by atoms with Crippen molar-refractivity contribution in [1.29, 1.82) is 0 Å². The molecule has 14 heavy (non-hydrogen) atoms. The van der Waals surface area contributed by atoms with E-state index in [0.29, 0.717) is 0 Å². The van der Waals surface area contributed by atoms with E-state index in [9.17, 15) is 0 Å². The Bertz CT molecular complexity index is 273. The van der Waals surface area contributed by atoms with E-state index in [-0.39, 0.29) is 0 Å². The van der Waals surface area contributed by atoms with Gasteiger partial charge in [0.2, 0.25) is 0 Å². The largest absolute Gasteiger partial charge is 0.253 e. The van der Waals surface area contributed by atoms with E-state index >= 15 is 0 Å². The molecule has 0 saturated heterocycles. The van der Waals surface area contributed by atoms with E-state index < -0.39 is 0 Å². The van der Waals surface area contributed by atoms with Crippen LogP contribution in [-0.2, 0) is 6.42 Å². The highest BCUT2D eigenvalue weighted by molar-refractivity contribution is 9.09. The first kappa shape index (κ1) is 10.6. The second kappa shape index (κ2) is 4.75. The third-order valence-electron chi connectivity index (χ3n) is 3.10. The van der Waals surface area contributed by atoms with Gasteiger partial charge in [0.05, 0.1) is 5.51 Å². The molecule has 0 N–H and O–H groups in total. The highest BCUT2D eigenvalue weighted by Gasteiger charge is 2.26. The predicted octanol–water partition coefficient (Wildman–Crippen LogP) is 3.89. The van der Waals surface area contributed by atoms with Gasteiger partial charge in [-0.1, -0.05) is 22.9 Å². The van der Waals surface area contributed by atoms with Crippen LogP contribution in [0.3, 0.4) is 0 Å². The van der Waals surface area contributed by atoms with Crippen molar-refractivity contribution in [3.8, 4) is 0 Å². The first-order chi connectivity index (χ1) is 6.75. The fraction of sp³-hybridized carbons (Fsp3) is 0.727. The van der Waals surface area contributed by atoms with E-state index in [1.165, 1.54) is 30.6 Å². The molecule has 1 heterocycles. The Morgan fingerprint density at radius 3 is 3.14 bits per heavy atom. The summed E-state index contributed by atoms with van der Waals surface area (Å²) in [6.07, 6.45) is 7.32. The van der Waals surface area contributed by atoms with E-state index in [4.69, 9.17) is 0 Å².